The van der Waals surface area contributed by atoms with Crippen molar-refractivity contribution in [3.05, 3.63) is 41.0 Å². The van der Waals surface area contributed by atoms with Gasteiger partial charge in [0.25, 0.3) is 0 Å². The molecule has 6 heteroatoms. The lowest BCUT2D eigenvalue weighted by molar-refractivity contribution is -0.0844. The van der Waals surface area contributed by atoms with E-state index in [1.165, 1.54) is 0 Å². The number of nitrogens with zero attached hydrogens (tertiary/aromatic N) is 3. The van der Waals surface area contributed by atoms with Crippen LogP contribution in [0, 0.1) is 0 Å². The number of thiazole rings is 1. The van der Waals surface area contributed by atoms with Gasteiger partial charge in [-0.15, -0.1) is 11.3 Å². The van der Waals surface area contributed by atoms with Crippen molar-refractivity contribution in [2.24, 2.45) is 0 Å². The summed E-state index contributed by atoms with van der Waals surface area (Å²) in [7, 11) is 1.86. The van der Waals surface area contributed by atoms with Crippen LogP contribution in [0.15, 0.2) is 35.3 Å². The lowest BCUT2D eigenvalue weighted by Crippen LogP contribution is -2.52. The molecule has 0 radical (unpaired) electrons. The third kappa shape index (κ3) is 3.06. The third-order valence-electron chi connectivity index (χ3n) is 5.43. The first-order chi connectivity index (χ1) is 11.8. The van der Waals surface area contributed by atoms with Crippen LogP contribution in [0.5, 0.6) is 5.88 Å². The maximum Gasteiger partial charge on any atom is 0.213 e. The van der Waals surface area contributed by atoms with E-state index in [2.05, 4.69) is 20.2 Å². The number of fused-ring (bicyclic) bond motifs is 1. The van der Waals surface area contributed by atoms with Gasteiger partial charge in [0.15, 0.2) is 0 Å². The normalized spacial score (nSPS) is 30.2. The van der Waals surface area contributed by atoms with Crippen LogP contribution < -0.4 is 4.74 Å². The van der Waals surface area contributed by atoms with E-state index in [0.717, 1.165) is 50.3 Å². The highest BCUT2D eigenvalue weighted by Gasteiger charge is 2.51. The molecule has 4 rings (SSSR count). The van der Waals surface area contributed by atoms with Crippen molar-refractivity contribution < 1.29 is 9.47 Å². The SMILES string of the molecule is COC12CCC(Oc3ccccn3)CC1N(Cc1cscn1)CC2. The highest BCUT2D eigenvalue weighted by atomic mass is 32.1. The second kappa shape index (κ2) is 6.78. The molecule has 0 bridgehead atoms. The van der Waals surface area contributed by atoms with Crippen LogP contribution in [0.4, 0.5) is 0 Å². The summed E-state index contributed by atoms with van der Waals surface area (Å²) in [6.07, 6.45) is 6.11. The predicted molar refractivity (Wildman–Crippen MR) is 93.2 cm³/mol. The van der Waals surface area contributed by atoms with Crippen LogP contribution >= 0.6 is 11.3 Å². The van der Waals surface area contributed by atoms with E-state index in [4.69, 9.17) is 9.47 Å². The van der Waals surface area contributed by atoms with Gasteiger partial charge in [-0.2, -0.15) is 0 Å². The summed E-state index contributed by atoms with van der Waals surface area (Å²) in [5.74, 6) is 0.719. The Kier molecular flexibility index (Phi) is 4.52. The van der Waals surface area contributed by atoms with Crippen LogP contribution in [0.2, 0.25) is 0 Å². The number of hydrogen-bond acceptors (Lipinski definition) is 6. The zero-order valence-corrected chi connectivity index (χ0v) is 14.7. The predicted octanol–water partition coefficient (Wildman–Crippen LogP) is 3.13. The van der Waals surface area contributed by atoms with Gasteiger partial charge in [-0.1, -0.05) is 6.07 Å². The van der Waals surface area contributed by atoms with Crippen molar-refractivity contribution in [2.75, 3.05) is 13.7 Å². The Balaban J connectivity index is 1.48. The van der Waals surface area contributed by atoms with E-state index >= 15 is 0 Å². The fraction of sp³-hybridized carbons (Fsp3) is 0.556. The van der Waals surface area contributed by atoms with E-state index in [0.29, 0.717) is 6.04 Å². The Morgan fingerprint density at radius 3 is 3.04 bits per heavy atom. The molecule has 1 aliphatic heterocycles. The number of rotatable bonds is 5. The van der Waals surface area contributed by atoms with Crippen molar-refractivity contribution in [1.82, 2.24) is 14.9 Å². The molecule has 3 heterocycles. The lowest BCUT2D eigenvalue weighted by atomic mass is 9.79. The zero-order valence-electron chi connectivity index (χ0n) is 13.9. The first-order valence-electron chi connectivity index (χ1n) is 8.53. The lowest BCUT2D eigenvalue weighted by Gasteiger charge is -2.43. The number of likely N-dealkylation sites (tertiary alicyclic amines) is 1. The molecule has 2 aromatic rings. The fourth-order valence-corrected chi connectivity index (χ4v) is 4.71. The highest BCUT2D eigenvalue weighted by Crippen LogP contribution is 2.43. The molecule has 2 aliphatic rings. The van der Waals surface area contributed by atoms with Crippen LogP contribution in [0.3, 0.4) is 0 Å². The molecule has 3 atom stereocenters. The van der Waals surface area contributed by atoms with Crippen molar-refractivity contribution in [2.45, 2.75) is 50.0 Å². The molecule has 2 fully saturated rings. The zero-order chi connectivity index (χ0) is 16.4. The molecule has 0 spiro atoms. The summed E-state index contributed by atoms with van der Waals surface area (Å²) in [5.41, 5.74) is 3.03. The van der Waals surface area contributed by atoms with Crippen LogP contribution in [-0.2, 0) is 11.3 Å². The molecule has 0 amide bonds. The molecule has 0 N–H and O–H groups in total. The van der Waals surface area contributed by atoms with E-state index in [1.807, 2.05) is 30.8 Å². The van der Waals surface area contributed by atoms with E-state index in [9.17, 15) is 0 Å². The van der Waals surface area contributed by atoms with Crippen molar-refractivity contribution in [3.63, 3.8) is 0 Å². The third-order valence-corrected chi connectivity index (χ3v) is 6.06. The average molecular weight is 345 g/mol. The molecular weight excluding hydrogens is 322 g/mol. The maximum absolute atomic E-state index is 6.13. The molecular formula is C18H23N3O2S. The van der Waals surface area contributed by atoms with E-state index in [1.54, 1.807) is 17.5 Å². The summed E-state index contributed by atoms with van der Waals surface area (Å²) in [6.45, 7) is 1.96. The van der Waals surface area contributed by atoms with Gasteiger partial charge in [-0.05, 0) is 25.3 Å². The molecule has 1 saturated carbocycles. The summed E-state index contributed by atoms with van der Waals surface area (Å²) >= 11 is 1.66. The largest absolute Gasteiger partial charge is 0.474 e. The Morgan fingerprint density at radius 2 is 2.29 bits per heavy atom. The number of ether oxygens (including phenoxy) is 2. The summed E-state index contributed by atoms with van der Waals surface area (Å²) < 4.78 is 12.1. The Hall–Kier alpha value is -1.50. The molecule has 1 aliphatic carbocycles. The monoisotopic (exact) mass is 345 g/mol. The average Bonchev–Trinajstić information content (AvgIpc) is 3.25. The number of hydrogen-bond donors (Lipinski definition) is 0. The standard InChI is InChI=1S/C18H23N3O2S/c1-22-18-6-5-15(23-17-4-2-3-8-19-17)10-16(18)21(9-7-18)11-14-12-24-13-20-14/h2-4,8,12-13,15-16H,5-7,9-11H2,1H3. The highest BCUT2D eigenvalue weighted by molar-refractivity contribution is 7.07. The van der Waals surface area contributed by atoms with Gasteiger partial charge in [0, 0.05) is 50.3 Å². The minimum atomic E-state index is -0.0278. The summed E-state index contributed by atoms with van der Waals surface area (Å²) in [6, 6.07) is 6.19. The molecule has 1 saturated heterocycles. The molecule has 5 nitrogen and oxygen atoms in total. The van der Waals surface area contributed by atoms with Gasteiger partial charge in [0.05, 0.1) is 16.8 Å². The molecule has 0 aromatic carbocycles. The van der Waals surface area contributed by atoms with Crippen LogP contribution in [-0.4, -0.2) is 46.3 Å². The Bertz CT molecular complexity index is 652. The van der Waals surface area contributed by atoms with Crippen molar-refractivity contribution in [3.8, 4) is 5.88 Å². The maximum atomic E-state index is 6.13. The summed E-state index contributed by atoms with van der Waals surface area (Å²) in [5, 5.41) is 2.14. The van der Waals surface area contributed by atoms with Gasteiger partial charge in [0.1, 0.15) is 6.10 Å². The smallest absolute Gasteiger partial charge is 0.213 e. The number of methoxy groups -OCH3 is 1. The first-order valence-corrected chi connectivity index (χ1v) is 9.47. The van der Waals surface area contributed by atoms with Gasteiger partial charge in [-0.3, -0.25) is 4.90 Å². The van der Waals surface area contributed by atoms with E-state index in [-0.39, 0.29) is 11.7 Å². The minimum absolute atomic E-state index is 0.0278. The molecule has 2 aromatic heterocycles. The quantitative estimate of drug-likeness (QED) is 0.833. The molecule has 24 heavy (non-hydrogen) atoms. The second-order valence-corrected chi connectivity index (χ2v) is 7.39. The molecule has 3 unspecified atom stereocenters. The fourth-order valence-electron chi connectivity index (χ4n) is 4.16. The van der Waals surface area contributed by atoms with Gasteiger partial charge < -0.3 is 9.47 Å². The minimum Gasteiger partial charge on any atom is -0.474 e. The Morgan fingerprint density at radius 1 is 1.33 bits per heavy atom. The van der Waals surface area contributed by atoms with Gasteiger partial charge in [-0.25, -0.2) is 9.97 Å². The van der Waals surface area contributed by atoms with Gasteiger partial charge in [0.2, 0.25) is 5.88 Å². The molecule has 128 valence electrons. The number of pyridine rings is 1. The first kappa shape index (κ1) is 16.0. The van der Waals surface area contributed by atoms with Gasteiger partial charge >= 0.3 is 0 Å². The second-order valence-electron chi connectivity index (χ2n) is 6.67. The number of aromatic nitrogens is 2. The van der Waals surface area contributed by atoms with Crippen LogP contribution in [0.25, 0.3) is 0 Å². The van der Waals surface area contributed by atoms with Crippen molar-refractivity contribution in [1.29, 1.82) is 0 Å². The van der Waals surface area contributed by atoms with Crippen molar-refractivity contribution >= 4 is 11.3 Å². The van der Waals surface area contributed by atoms with E-state index < -0.39 is 0 Å². The Labute approximate surface area is 146 Å². The topological polar surface area (TPSA) is 47.5 Å². The summed E-state index contributed by atoms with van der Waals surface area (Å²) in [4.78, 5) is 11.3. The van der Waals surface area contributed by atoms with Crippen LogP contribution in [0.1, 0.15) is 31.4 Å².